The second-order valence-corrected chi connectivity index (χ2v) is 5.64. The molecule has 0 unspecified atom stereocenters. The van der Waals surface area contributed by atoms with Gasteiger partial charge in [0, 0.05) is 31.9 Å². The van der Waals surface area contributed by atoms with Gasteiger partial charge in [0.2, 0.25) is 5.91 Å². The van der Waals surface area contributed by atoms with E-state index >= 15 is 0 Å². The van der Waals surface area contributed by atoms with Gasteiger partial charge in [0.05, 0.1) is 17.8 Å². The van der Waals surface area contributed by atoms with Crippen molar-refractivity contribution in [3.05, 3.63) is 22.5 Å². The molecule has 2 N–H and O–H groups in total. The van der Waals surface area contributed by atoms with Gasteiger partial charge in [-0.3, -0.25) is 9.48 Å². The van der Waals surface area contributed by atoms with E-state index in [1.807, 2.05) is 6.92 Å². The Morgan fingerprint density at radius 3 is 2.76 bits per heavy atom. The van der Waals surface area contributed by atoms with E-state index in [2.05, 4.69) is 10.4 Å². The summed E-state index contributed by atoms with van der Waals surface area (Å²) in [5, 5.41) is 17.1. The molecule has 1 saturated heterocycles. The molecule has 0 spiro atoms. The van der Waals surface area contributed by atoms with Crippen LogP contribution >= 0.6 is 11.6 Å². The molecule has 1 amide bonds. The molecule has 2 heterocycles. The van der Waals surface area contributed by atoms with Gasteiger partial charge in [-0.2, -0.15) is 5.10 Å². The van der Waals surface area contributed by atoms with E-state index in [1.165, 1.54) is 6.08 Å². The molecule has 1 fully saturated rings. The number of amides is 1. The highest BCUT2D eigenvalue weighted by Gasteiger charge is 2.32. The summed E-state index contributed by atoms with van der Waals surface area (Å²) in [6.45, 7) is 2.82. The zero-order chi connectivity index (χ0) is 15.5. The molecule has 0 saturated carbocycles. The van der Waals surface area contributed by atoms with Crippen LogP contribution < -0.4 is 5.32 Å². The standard InChI is InChI=1S/C14H20ClN3O3/c1-10-11(13(15)18(2)17-10)3-4-12(20)16-14(9-19)5-7-21-8-6-14/h3-4,19H,5-9H2,1-2H3,(H,16,20)/b4-3+. The molecule has 116 valence electrons. The van der Waals surface area contributed by atoms with Gasteiger partial charge in [0.15, 0.2) is 0 Å². The molecule has 0 bridgehead atoms. The zero-order valence-electron chi connectivity index (χ0n) is 12.2. The highest BCUT2D eigenvalue weighted by molar-refractivity contribution is 6.31. The van der Waals surface area contributed by atoms with Crippen molar-refractivity contribution in [2.75, 3.05) is 19.8 Å². The molecule has 0 atom stereocenters. The van der Waals surface area contributed by atoms with Crippen LogP contribution in [0.1, 0.15) is 24.1 Å². The first-order chi connectivity index (χ1) is 9.97. The van der Waals surface area contributed by atoms with Crippen molar-refractivity contribution >= 4 is 23.6 Å². The molecule has 0 radical (unpaired) electrons. The van der Waals surface area contributed by atoms with Gasteiger partial charge in [-0.1, -0.05) is 11.6 Å². The largest absolute Gasteiger partial charge is 0.394 e. The Bertz CT molecular complexity index is 548. The van der Waals surface area contributed by atoms with Crippen LogP contribution in [0.15, 0.2) is 6.08 Å². The average molecular weight is 314 g/mol. The van der Waals surface area contributed by atoms with Crippen molar-refractivity contribution in [1.29, 1.82) is 0 Å². The van der Waals surface area contributed by atoms with Crippen LogP contribution in [-0.2, 0) is 16.6 Å². The lowest BCUT2D eigenvalue weighted by molar-refractivity contribution is -0.120. The predicted molar refractivity (Wildman–Crippen MR) is 80.0 cm³/mol. The monoisotopic (exact) mass is 313 g/mol. The van der Waals surface area contributed by atoms with Crippen molar-refractivity contribution in [1.82, 2.24) is 15.1 Å². The number of aliphatic hydroxyl groups is 1. The SMILES string of the molecule is Cc1nn(C)c(Cl)c1/C=C/C(=O)NC1(CO)CCOCC1. The van der Waals surface area contributed by atoms with E-state index in [0.717, 1.165) is 11.3 Å². The van der Waals surface area contributed by atoms with Crippen molar-refractivity contribution in [2.45, 2.75) is 25.3 Å². The lowest BCUT2D eigenvalue weighted by Gasteiger charge is -2.35. The van der Waals surface area contributed by atoms with Crippen molar-refractivity contribution in [3.63, 3.8) is 0 Å². The van der Waals surface area contributed by atoms with Gasteiger partial charge in [-0.05, 0) is 25.8 Å². The minimum atomic E-state index is -0.590. The van der Waals surface area contributed by atoms with E-state index in [4.69, 9.17) is 16.3 Å². The lowest BCUT2D eigenvalue weighted by Crippen LogP contribution is -2.54. The molecule has 1 aromatic heterocycles. The van der Waals surface area contributed by atoms with Gasteiger partial charge in [-0.25, -0.2) is 0 Å². The molecule has 0 aliphatic carbocycles. The molecule has 1 aliphatic rings. The summed E-state index contributed by atoms with van der Waals surface area (Å²) < 4.78 is 6.82. The predicted octanol–water partition coefficient (Wildman–Crippen LogP) is 1.05. The van der Waals surface area contributed by atoms with E-state index in [9.17, 15) is 9.90 Å². The first kappa shape index (κ1) is 16.0. The highest BCUT2D eigenvalue weighted by atomic mass is 35.5. The normalized spacial score (nSPS) is 18.1. The van der Waals surface area contributed by atoms with Crippen LogP contribution in [0.3, 0.4) is 0 Å². The quantitative estimate of drug-likeness (QED) is 0.815. The fourth-order valence-electron chi connectivity index (χ4n) is 2.38. The summed E-state index contributed by atoms with van der Waals surface area (Å²) in [6, 6.07) is 0. The number of aliphatic hydroxyl groups excluding tert-OH is 1. The number of aromatic nitrogens is 2. The summed E-state index contributed by atoms with van der Waals surface area (Å²) >= 11 is 6.11. The minimum absolute atomic E-state index is 0.0946. The topological polar surface area (TPSA) is 76.4 Å². The van der Waals surface area contributed by atoms with Crippen LogP contribution in [0.4, 0.5) is 0 Å². The second-order valence-electron chi connectivity index (χ2n) is 5.29. The molecule has 7 heteroatoms. The fraction of sp³-hybridized carbons (Fsp3) is 0.571. The summed E-state index contributed by atoms with van der Waals surface area (Å²) in [5.41, 5.74) is 0.891. The number of halogens is 1. The van der Waals surface area contributed by atoms with Crippen LogP contribution in [0.5, 0.6) is 0 Å². The minimum Gasteiger partial charge on any atom is -0.394 e. The number of hydrogen-bond donors (Lipinski definition) is 2. The number of aryl methyl sites for hydroxylation is 2. The van der Waals surface area contributed by atoms with Crippen molar-refractivity contribution in [3.8, 4) is 0 Å². The van der Waals surface area contributed by atoms with Crippen LogP contribution in [0, 0.1) is 6.92 Å². The second kappa shape index (κ2) is 6.60. The summed E-state index contributed by atoms with van der Waals surface area (Å²) in [7, 11) is 1.75. The maximum absolute atomic E-state index is 12.1. The van der Waals surface area contributed by atoms with Gasteiger partial charge in [0.25, 0.3) is 0 Å². The molecule has 0 aromatic carbocycles. The smallest absolute Gasteiger partial charge is 0.244 e. The number of nitrogens with one attached hydrogen (secondary N) is 1. The number of carbonyl (C=O) groups excluding carboxylic acids is 1. The van der Waals surface area contributed by atoms with E-state index in [0.29, 0.717) is 31.2 Å². The Hall–Kier alpha value is -1.37. The number of hydrogen-bond acceptors (Lipinski definition) is 4. The first-order valence-corrected chi connectivity index (χ1v) is 7.23. The van der Waals surface area contributed by atoms with Crippen LogP contribution in [0.2, 0.25) is 5.15 Å². The van der Waals surface area contributed by atoms with Crippen molar-refractivity contribution in [2.24, 2.45) is 7.05 Å². The maximum Gasteiger partial charge on any atom is 0.244 e. The number of ether oxygens (including phenoxy) is 1. The highest BCUT2D eigenvalue weighted by Crippen LogP contribution is 2.21. The summed E-state index contributed by atoms with van der Waals surface area (Å²) in [6.07, 6.45) is 4.28. The number of rotatable bonds is 4. The molecule has 2 rings (SSSR count). The lowest BCUT2D eigenvalue weighted by atomic mass is 9.91. The molecule has 1 aliphatic heterocycles. The van der Waals surface area contributed by atoms with Crippen LogP contribution in [0.25, 0.3) is 6.08 Å². The zero-order valence-corrected chi connectivity index (χ0v) is 13.0. The Morgan fingerprint density at radius 1 is 1.57 bits per heavy atom. The van der Waals surface area contributed by atoms with Gasteiger partial charge < -0.3 is 15.2 Å². The number of carbonyl (C=O) groups is 1. The molecule has 21 heavy (non-hydrogen) atoms. The van der Waals surface area contributed by atoms with E-state index in [1.54, 1.807) is 17.8 Å². The molecule has 6 nitrogen and oxygen atoms in total. The molecular weight excluding hydrogens is 294 g/mol. The van der Waals surface area contributed by atoms with Gasteiger partial charge >= 0.3 is 0 Å². The molecule has 1 aromatic rings. The first-order valence-electron chi connectivity index (χ1n) is 6.85. The Morgan fingerprint density at radius 2 is 2.24 bits per heavy atom. The third kappa shape index (κ3) is 3.64. The Balaban J connectivity index is 2.05. The summed E-state index contributed by atoms with van der Waals surface area (Å²) in [4.78, 5) is 12.1. The fourth-order valence-corrected chi connectivity index (χ4v) is 2.62. The average Bonchev–Trinajstić information content (AvgIpc) is 2.71. The molecular formula is C14H20ClN3O3. The van der Waals surface area contributed by atoms with Gasteiger partial charge in [0.1, 0.15) is 5.15 Å². The number of nitrogens with zero attached hydrogens (tertiary/aromatic N) is 2. The van der Waals surface area contributed by atoms with Crippen molar-refractivity contribution < 1.29 is 14.6 Å². The Kier molecular flexibility index (Phi) is 5.03. The van der Waals surface area contributed by atoms with Gasteiger partial charge in [-0.15, -0.1) is 0 Å². The third-order valence-corrected chi connectivity index (χ3v) is 4.19. The maximum atomic E-state index is 12.1. The van der Waals surface area contributed by atoms with E-state index < -0.39 is 5.54 Å². The Labute approximate surface area is 128 Å². The summed E-state index contributed by atoms with van der Waals surface area (Å²) in [5.74, 6) is -0.259. The van der Waals surface area contributed by atoms with Crippen LogP contribution in [-0.4, -0.2) is 46.2 Å². The third-order valence-electron chi connectivity index (χ3n) is 3.74. The van der Waals surface area contributed by atoms with E-state index in [-0.39, 0.29) is 12.5 Å².